The fourth-order valence-electron chi connectivity index (χ4n) is 1.90. The third kappa shape index (κ3) is 2.17. The molecule has 0 fully saturated rings. The number of thiophene rings is 1. The van der Waals surface area contributed by atoms with Gasteiger partial charge in [0.25, 0.3) is 0 Å². The molecule has 0 amide bonds. The molecule has 0 saturated heterocycles. The largest absolute Gasteiger partial charge is 0.380 e. The lowest BCUT2D eigenvalue weighted by molar-refractivity contribution is 0.0723. The summed E-state index contributed by atoms with van der Waals surface area (Å²) in [4.78, 5) is 0. The molecule has 17 heavy (non-hydrogen) atoms. The zero-order valence-electron chi connectivity index (χ0n) is 9.28. The third-order valence-corrected chi connectivity index (χ3v) is 4.59. The van der Waals surface area contributed by atoms with E-state index >= 15 is 0 Å². The predicted octanol–water partition coefficient (Wildman–Crippen LogP) is 4.30. The summed E-state index contributed by atoms with van der Waals surface area (Å²) in [5.41, 5.74) is -0.235. The van der Waals surface area contributed by atoms with Crippen LogP contribution in [-0.2, 0) is 5.60 Å². The van der Waals surface area contributed by atoms with Crippen molar-refractivity contribution in [2.75, 3.05) is 0 Å². The number of halogens is 2. The van der Waals surface area contributed by atoms with Gasteiger partial charge in [0.05, 0.1) is 0 Å². The van der Waals surface area contributed by atoms with Gasteiger partial charge in [0.2, 0.25) is 0 Å². The fourth-order valence-corrected chi connectivity index (χ4v) is 3.59. The summed E-state index contributed by atoms with van der Waals surface area (Å²) in [6, 6.07) is 6.36. The van der Waals surface area contributed by atoms with Crippen molar-refractivity contribution in [2.45, 2.75) is 18.9 Å². The molecule has 2 aromatic rings. The molecule has 90 valence electrons. The third-order valence-electron chi connectivity index (χ3n) is 2.89. The smallest absolute Gasteiger partial charge is 0.129 e. The molecule has 2 rings (SSSR count). The minimum absolute atomic E-state index is 0.321. The van der Waals surface area contributed by atoms with Crippen molar-refractivity contribution >= 4 is 27.3 Å². The quantitative estimate of drug-likeness (QED) is 0.895. The molecule has 0 aliphatic carbocycles. The van der Waals surface area contributed by atoms with Gasteiger partial charge in [-0.05, 0) is 33.8 Å². The molecule has 0 saturated carbocycles. The number of hydrogen-bond donors (Lipinski definition) is 1. The number of hydrogen-bond acceptors (Lipinski definition) is 2. The highest BCUT2D eigenvalue weighted by Gasteiger charge is 2.34. The molecule has 0 bridgehead atoms. The fraction of sp³-hybridized carbons (Fsp3) is 0.231. The van der Waals surface area contributed by atoms with Crippen molar-refractivity contribution in [3.05, 3.63) is 56.4 Å². The molecular formula is C13H12BrFOS. The van der Waals surface area contributed by atoms with Gasteiger partial charge in [0.1, 0.15) is 11.4 Å². The maximum Gasteiger partial charge on any atom is 0.129 e. The van der Waals surface area contributed by atoms with Gasteiger partial charge in [-0.15, -0.1) is 0 Å². The first-order valence-corrected chi connectivity index (χ1v) is 7.02. The number of aliphatic hydroxyl groups is 1. The van der Waals surface area contributed by atoms with Crippen molar-refractivity contribution in [3.63, 3.8) is 0 Å². The van der Waals surface area contributed by atoms with Crippen molar-refractivity contribution in [2.24, 2.45) is 0 Å². The number of rotatable bonds is 3. The minimum atomic E-state index is -1.27. The van der Waals surface area contributed by atoms with Crippen LogP contribution >= 0.6 is 27.3 Å². The molecule has 1 unspecified atom stereocenters. The van der Waals surface area contributed by atoms with E-state index in [0.717, 1.165) is 10.0 Å². The number of benzene rings is 1. The maximum absolute atomic E-state index is 13.8. The Kier molecular flexibility index (Phi) is 3.66. The molecule has 1 aromatic carbocycles. The Bertz CT molecular complexity index is 526. The van der Waals surface area contributed by atoms with E-state index in [-0.39, 0.29) is 5.82 Å². The molecular weight excluding hydrogens is 303 g/mol. The van der Waals surface area contributed by atoms with Crippen LogP contribution < -0.4 is 0 Å². The van der Waals surface area contributed by atoms with E-state index in [1.165, 1.54) is 17.4 Å². The van der Waals surface area contributed by atoms with Gasteiger partial charge in [-0.1, -0.05) is 25.1 Å². The van der Waals surface area contributed by atoms with Crippen LogP contribution in [0.4, 0.5) is 4.39 Å². The lowest BCUT2D eigenvalue weighted by Crippen LogP contribution is -2.27. The van der Waals surface area contributed by atoms with Crippen LogP contribution in [0.3, 0.4) is 0 Å². The second-order valence-corrected chi connectivity index (χ2v) is 5.42. The van der Waals surface area contributed by atoms with Gasteiger partial charge in [-0.2, -0.15) is 11.3 Å². The molecule has 0 radical (unpaired) electrons. The SMILES string of the molecule is CCC(O)(c1ccccc1F)c1cscc1Br. The molecule has 0 aliphatic heterocycles. The van der Waals surface area contributed by atoms with Gasteiger partial charge in [-0.25, -0.2) is 4.39 Å². The first-order valence-electron chi connectivity index (χ1n) is 5.29. The summed E-state index contributed by atoms with van der Waals surface area (Å²) >= 11 is 4.87. The Morgan fingerprint density at radius 1 is 1.29 bits per heavy atom. The van der Waals surface area contributed by atoms with Gasteiger partial charge in [-0.3, -0.25) is 0 Å². The van der Waals surface area contributed by atoms with Crippen LogP contribution in [0.5, 0.6) is 0 Å². The van der Waals surface area contributed by atoms with Gasteiger partial charge in [0.15, 0.2) is 0 Å². The van der Waals surface area contributed by atoms with E-state index in [0.29, 0.717) is 12.0 Å². The van der Waals surface area contributed by atoms with Crippen LogP contribution in [0.2, 0.25) is 0 Å². The first kappa shape index (κ1) is 12.7. The highest BCUT2D eigenvalue weighted by Crippen LogP contribution is 2.39. The second-order valence-electron chi connectivity index (χ2n) is 3.83. The second kappa shape index (κ2) is 4.88. The Morgan fingerprint density at radius 2 is 2.00 bits per heavy atom. The van der Waals surface area contributed by atoms with Crippen LogP contribution in [0.15, 0.2) is 39.5 Å². The first-order chi connectivity index (χ1) is 8.09. The molecule has 1 N–H and O–H groups in total. The highest BCUT2D eigenvalue weighted by molar-refractivity contribution is 9.10. The van der Waals surface area contributed by atoms with Crippen LogP contribution in [0.1, 0.15) is 24.5 Å². The average Bonchev–Trinajstić information content (AvgIpc) is 2.76. The molecule has 0 spiro atoms. The minimum Gasteiger partial charge on any atom is -0.380 e. The standard InChI is InChI=1S/C13H12BrFOS/c1-2-13(16,10-7-17-8-11(10)14)9-5-3-4-6-12(9)15/h3-8,16H,2H2,1H3. The molecule has 0 aliphatic rings. The van der Waals surface area contributed by atoms with E-state index in [4.69, 9.17) is 0 Å². The van der Waals surface area contributed by atoms with E-state index in [1.807, 2.05) is 17.7 Å². The van der Waals surface area contributed by atoms with Gasteiger partial charge < -0.3 is 5.11 Å². The van der Waals surface area contributed by atoms with Crippen molar-refractivity contribution < 1.29 is 9.50 Å². The van der Waals surface area contributed by atoms with Gasteiger partial charge >= 0.3 is 0 Å². The summed E-state index contributed by atoms with van der Waals surface area (Å²) in [6.07, 6.45) is 0.420. The summed E-state index contributed by atoms with van der Waals surface area (Å²) in [7, 11) is 0. The van der Waals surface area contributed by atoms with E-state index in [9.17, 15) is 9.50 Å². The zero-order chi connectivity index (χ0) is 12.5. The monoisotopic (exact) mass is 314 g/mol. The molecule has 1 heterocycles. The zero-order valence-corrected chi connectivity index (χ0v) is 11.7. The summed E-state index contributed by atoms with van der Waals surface area (Å²) in [5, 5.41) is 14.5. The Morgan fingerprint density at radius 3 is 2.53 bits per heavy atom. The Hall–Kier alpha value is -0.710. The van der Waals surface area contributed by atoms with Crippen LogP contribution in [0.25, 0.3) is 0 Å². The topological polar surface area (TPSA) is 20.2 Å². The lowest BCUT2D eigenvalue weighted by atomic mass is 9.85. The Balaban J connectivity index is 2.60. The van der Waals surface area contributed by atoms with Crippen molar-refractivity contribution in [1.29, 1.82) is 0 Å². The maximum atomic E-state index is 13.8. The Labute approximate surface area is 112 Å². The summed E-state index contributed by atoms with van der Waals surface area (Å²) in [6.45, 7) is 1.84. The van der Waals surface area contributed by atoms with E-state index in [1.54, 1.807) is 18.2 Å². The van der Waals surface area contributed by atoms with Gasteiger partial charge in [0, 0.05) is 21.0 Å². The van der Waals surface area contributed by atoms with E-state index < -0.39 is 5.60 Å². The highest BCUT2D eigenvalue weighted by atomic mass is 79.9. The summed E-state index contributed by atoms with van der Waals surface area (Å²) < 4.78 is 14.6. The molecule has 4 heteroatoms. The predicted molar refractivity (Wildman–Crippen MR) is 71.7 cm³/mol. The average molecular weight is 315 g/mol. The van der Waals surface area contributed by atoms with Crippen LogP contribution in [0, 0.1) is 5.82 Å². The van der Waals surface area contributed by atoms with E-state index in [2.05, 4.69) is 15.9 Å². The van der Waals surface area contributed by atoms with Crippen LogP contribution in [-0.4, -0.2) is 5.11 Å². The molecule has 1 nitrogen and oxygen atoms in total. The van der Waals surface area contributed by atoms with Crippen molar-refractivity contribution in [3.8, 4) is 0 Å². The summed E-state index contributed by atoms with van der Waals surface area (Å²) in [5.74, 6) is -0.380. The molecule has 1 aromatic heterocycles. The lowest BCUT2D eigenvalue weighted by Gasteiger charge is -2.27. The normalized spacial score (nSPS) is 14.6. The van der Waals surface area contributed by atoms with Crippen molar-refractivity contribution in [1.82, 2.24) is 0 Å². The molecule has 1 atom stereocenters.